The van der Waals surface area contributed by atoms with E-state index in [1.54, 1.807) is 17.9 Å². The predicted octanol–water partition coefficient (Wildman–Crippen LogP) is 1.73. The normalized spacial score (nSPS) is 9.93. The number of hydrogen-bond acceptors (Lipinski definition) is 3. The van der Waals surface area contributed by atoms with Gasteiger partial charge < -0.3 is 5.32 Å². The molecule has 76 valence electrons. The van der Waals surface area contributed by atoms with Crippen LogP contribution in [-0.2, 0) is 0 Å². The zero-order chi connectivity index (χ0) is 10.7. The van der Waals surface area contributed by atoms with Crippen molar-refractivity contribution in [3.8, 4) is 5.69 Å². The minimum atomic E-state index is 0.557. The van der Waals surface area contributed by atoms with Crippen molar-refractivity contribution in [3.05, 3.63) is 42.1 Å². The number of aromatic nitrogens is 2. The van der Waals surface area contributed by atoms with Gasteiger partial charge in [-0.05, 0) is 12.1 Å². The molecule has 1 aromatic carbocycles. The third kappa shape index (κ3) is 1.74. The molecule has 15 heavy (non-hydrogen) atoms. The lowest BCUT2D eigenvalue weighted by Crippen LogP contribution is -1.96. The lowest BCUT2D eigenvalue weighted by molar-refractivity contribution is 0.112. The number of nitrogens with zero attached hydrogens (tertiary/aromatic N) is 2. The van der Waals surface area contributed by atoms with Crippen molar-refractivity contribution in [2.45, 2.75) is 0 Å². The van der Waals surface area contributed by atoms with Gasteiger partial charge in [-0.1, -0.05) is 18.2 Å². The van der Waals surface area contributed by atoms with E-state index in [1.807, 2.05) is 30.3 Å². The monoisotopic (exact) mass is 201 g/mol. The summed E-state index contributed by atoms with van der Waals surface area (Å²) in [5.41, 5.74) is 1.49. The van der Waals surface area contributed by atoms with E-state index in [0.29, 0.717) is 11.4 Å². The van der Waals surface area contributed by atoms with Crippen molar-refractivity contribution in [2.24, 2.45) is 0 Å². The second-order valence-electron chi connectivity index (χ2n) is 3.08. The van der Waals surface area contributed by atoms with Gasteiger partial charge in [0.2, 0.25) is 0 Å². The Kier molecular flexibility index (Phi) is 2.49. The maximum Gasteiger partial charge on any atom is 0.158 e. The smallest absolute Gasteiger partial charge is 0.158 e. The quantitative estimate of drug-likeness (QED) is 0.769. The molecule has 0 radical (unpaired) electrons. The molecule has 0 bridgehead atoms. The van der Waals surface area contributed by atoms with E-state index in [9.17, 15) is 4.79 Å². The first kappa shape index (κ1) is 9.45. The lowest BCUT2D eigenvalue weighted by Gasteiger charge is -1.98. The third-order valence-corrected chi connectivity index (χ3v) is 2.13. The molecule has 2 rings (SSSR count). The van der Waals surface area contributed by atoms with E-state index >= 15 is 0 Å². The first-order valence-corrected chi connectivity index (χ1v) is 4.63. The molecule has 0 saturated carbocycles. The Morgan fingerprint density at radius 3 is 2.60 bits per heavy atom. The topological polar surface area (TPSA) is 46.9 Å². The van der Waals surface area contributed by atoms with Crippen molar-refractivity contribution in [2.75, 3.05) is 12.4 Å². The Morgan fingerprint density at radius 2 is 2.07 bits per heavy atom. The number of anilines is 1. The molecule has 0 spiro atoms. The number of carbonyl (C=O) groups excluding carboxylic acids is 1. The molecule has 0 saturated heterocycles. The molecule has 0 atom stereocenters. The molecule has 2 aromatic rings. The first-order valence-electron chi connectivity index (χ1n) is 4.63. The summed E-state index contributed by atoms with van der Waals surface area (Å²) < 4.78 is 1.68. The average molecular weight is 201 g/mol. The van der Waals surface area contributed by atoms with E-state index in [-0.39, 0.29) is 0 Å². The van der Waals surface area contributed by atoms with Gasteiger partial charge in [0.25, 0.3) is 0 Å². The van der Waals surface area contributed by atoms with Crippen LogP contribution < -0.4 is 5.32 Å². The van der Waals surface area contributed by atoms with Crippen molar-refractivity contribution in [1.29, 1.82) is 0 Å². The van der Waals surface area contributed by atoms with Crippen LogP contribution in [0.2, 0.25) is 0 Å². The van der Waals surface area contributed by atoms with E-state index in [2.05, 4.69) is 10.4 Å². The molecule has 0 aliphatic carbocycles. The summed E-state index contributed by atoms with van der Waals surface area (Å²) in [6.07, 6.45) is 2.49. The Hall–Kier alpha value is -2.10. The van der Waals surface area contributed by atoms with Crippen LogP contribution in [0, 0.1) is 0 Å². The fourth-order valence-electron chi connectivity index (χ4n) is 1.38. The van der Waals surface area contributed by atoms with Crippen molar-refractivity contribution < 1.29 is 4.79 Å². The Morgan fingerprint density at radius 1 is 1.33 bits per heavy atom. The maximum atomic E-state index is 10.7. The standard InChI is InChI=1S/C11H11N3O/c1-12-11-9(8-15)7-14(13-11)10-5-3-2-4-6-10/h2-8H,1H3,(H,12,13). The molecule has 1 N–H and O–H groups in total. The van der Waals surface area contributed by atoms with Crippen LogP contribution in [0.25, 0.3) is 5.69 Å². The zero-order valence-corrected chi connectivity index (χ0v) is 8.34. The number of rotatable bonds is 3. The van der Waals surface area contributed by atoms with Gasteiger partial charge in [-0.15, -0.1) is 5.10 Å². The highest BCUT2D eigenvalue weighted by molar-refractivity contribution is 5.82. The molecule has 0 aliphatic heterocycles. The van der Waals surface area contributed by atoms with Gasteiger partial charge in [-0.2, -0.15) is 0 Å². The Bertz CT molecular complexity index is 462. The molecule has 1 heterocycles. The number of para-hydroxylation sites is 1. The lowest BCUT2D eigenvalue weighted by atomic mass is 10.3. The number of nitrogens with one attached hydrogen (secondary N) is 1. The summed E-state index contributed by atoms with van der Waals surface area (Å²) in [6.45, 7) is 0. The van der Waals surface area contributed by atoms with Crippen LogP contribution in [0.4, 0.5) is 5.82 Å². The second-order valence-corrected chi connectivity index (χ2v) is 3.08. The highest BCUT2D eigenvalue weighted by atomic mass is 16.1. The van der Waals surface area contributed by atoms with E-state index in [4.69, 9.17) is 0 Å². The summed E-state index contributed by atoms with van der Waals surface area (Å²) in [4.78, 5) is 10.7. The highest BCUT2D eigenvalue weighted by Gasteiger charge is 2.06. The number of aldehydes is 1. The van der Waals surface area contributed by atoms with Gasteiger partial charge in [0.05, 0.1) is 11.3 Å². The van der Waals surface area contributed by atoms with E-state index in [0.717, 1.165) is 12.0 Å². The van der Waals surface area contributed by atoms with E-state index < -0.39 is 0 Å². The Labute approximate surface area is 87.5 Å². The molecule has 4 heteroatoms. The minimum Gasteiger partial charge on any atom is -0.371 e. The second kappa shape index (κ2) is 3.96. The van der Waals surface area contributed by atoms with Crippen LogP contribution in [0.1, 0.15) is 10.4 Å². The zero-order valence-electron chi connectivity index (χ0n) is 8.34. The number of hydrogen-bond donors (Lipinski definition) is 1. The summed E-state index contributed by atoms with van der Waals surface area (Å²) >= 11 is 0. The van der Waals surface area contributed by atoms with Crippen molar-refractivity contribution in [3.63, 3.8) is 0 Å². The van der Waals surface area contributed by atoms with Gasteiger partial charge in [0.1, 0.15) is 0 Å². The molecule has 4 nitrogen and oxygen atoms in total. The largest absolute Gasteiger partial charge is 0.371 e. The van der Waals surface area contributed by atoms with Gasteiger partial charge in [-0.3, -0.25) is 4.79 Å². The summed E-state index contributed by atoms with van der Waals surface area (Å²) in [5, 5.41) is 7.12. The summed E-state index contributed by atoms with van der Waals surface area (Å²) in [7, 11) is 1.74. The maximum absolute atomic E-state index is 10.7. The third-order valence-electron chi connectivity index (χ3n) is 2.13. The minimum absolute atomic E-state index is 0.557. The SMILES string of the molecule is CNc1nn(-c2ccccc2)cc1C=O. The van der Waals surface area contributed by atoms with Gasteiger partial charge in [0, 0.05) is 13.2 Å². The predicted molar refractivity (Wildman–Crippen MR) is 58.5 cm³/mol. The summed E-state index contributed by atoms with van der Waals surface area (Å²) in [5.74, 6) is 0.592. The van der Waals surface area contributed by atoms with Gasteiger partial charge in [0.15, 0.2) is 12.1 Å². The summed E-state index contributed by atoms with van der Waals surface area (Å²) in [6, 6.07) is 9.65. The molecule has 0 fully saturated rings. The van der Waals surface area contributed by atoms with Gasteiger partial charge >= 0.3 is 0 Å². The highest BCUT2D eigenvalue weighted by Crippen LogP contribution is 2.13. The average Bonchev–Trinajstić information content (AvgIpc) is 2.73. The molecule has 0 unspecified atom stereocenters. The van der Waals surface area contributed by atoms with E-state index in [1.165, 1.54) is 0 Å². The van der Waals surface area contributed by atoms with Crippen molar-refractivity contribution >= 4 is 12.1 Å². The molecular formula is C11H11N3O. The Balaban J connectivity index is 2.46. The van der Waals surface area contributed by atoms with Crippen molar-refractivity contribution in [1.82, 2.24) is 9.78 Å². The molecular weight excluding hydrogens is 190 g/mol. The van der Waals surface area contributed by atoms with Crippen LogP contribution in [-0.4, -0.2) is 23.1 Å². The van der Waals surface area contributed by atoms with Crippen LogP contribution in [0.5, 0.6) is 0 Å². The van der Waals surface area contributed by atoms with Crippen LogP contribution >= 0.6 is 0 Å². The molecule has 0 aliphatic rings. The number of benzene rings is 1. The fourth-order valence-corrected chi connectivity index (χ4v) is 1.38. The number of carbonyl (C=O) groups is 1. The van der Waals surface area contributed by atoms with Crippen LogP contribution in [0.15, 0.2) is 36.5 Å². The molecule has 0 amide bonds. The first-order chi connectivity index (χ1) is 7.35. The van der Waals surface area contributed by atoms with Gasteiger partial charge in [-0.25, -0.2) is 4.68 Å². The fraction of sp³-hybridized carbons (Fsp3) is 0.0909. The molecule has 1 aromatic heterocycles. The van der Waals surface area contributed by atoms with Crippen LogP contribution in [0.3, 0.4) is 0 Å².